The van der Waals surface area contributed by atoms with Crippen molar-refractivity contribution in [1.82, 2.24) is 10.6 Å². The predicted molar refractivity (Wildman–Crippen MR) is 110 cm³/mol. The molecule has 0 spiro atoms. The lowest BCUT2D eigenvalue weighted by Crippen LogP contribution is -2.46. The van der Waals surface area contributed by atoms with Gasteiger partial charge in [-0.15, -0.1) is 0 Å². The fourth-order valence-electron chi connectivity index (χ4n) is 2.66. The lowest BCUT2D eigenvalue weighted by Gasteiger charge is -2.18. The lowest BCUT2D eigenvalue weighted by molar-refractivity contribution is -0.122. The summed E-state index contributed by atoms with van der Waals surface area (Å²) in [6, 6.07) is 17.2. The van der Waals surface area contributed by atoms with Gasteiger partial charge in [-0.3, -0.25) is 10.2 Å². The molecule has 7 N–H and O–H groups in total. The summed E-state index contributed by atoms with van der Waals surface area (Å²) in [6.45, 7) is 2.86. The number of amidine groups is 1. The fraction of sp³-hybridized carbons (Fsp3) is 0.333. The molecule has 0 aromatic heterocycles. The van der Waals surface area contributed by atoms with Crippen molar-refractivity contribution in [2.75, 3.05) is 6.54 Å². The van der Waals surface area contributed by atoms with E-state index in [4.69, 9.17) is 16.9 Å². The van der Waals surface area contributed by atoms with Crippen molar-refractivity contribution < 1.29 is 4.79 Å². The quantitative estimate of drug-likeness (QED) is 0.323. The first-order valence-electron chi connectivity index (χ1n) is 9.19. The molecule has 0 unspecified atom stereocenters. The molecule has 0 aliphatic carbocycles. The second kappa shape index (κ2) is 10.4. The summed E-state index contributed by atoms with van der Waals surface area (Å²) in [4.78, 5) is 12.2. The van der Waals surface area contributed by atoms with Crippen LogP contribution >= 0.6 is 0 Å². The van der Waals surface area contributed by atoms with Crippen LogP contribution in [0.1, 0.15) is 30.0 Å². The molecular formula is C21H29N5O. The summed E-state index contributed by atoms with van der Waals surface area (Å²) in [7, 11) is 0. The monoisotopic (exact) mass is 367 g/mol. The van der Waals surface area contributed by atoms with Gasteiger partial charge in [-0.2, -0.15) is 0 Å². The zero-order valence-electron chi connectivity index (χ0n) is 15.7. The summed E-state index contributed by atoms with van der Waals surface area (Å²) >= 11 is 0. The van der Waals surface area contributed by atoms with Gasteiger partial charge in [0.1, 0.15) is 5.84 Å². The van der Waals surface area contributed by atoms with Crippen LogP contribution < -0.4 is 22.1 Å². The van der Waals surface area contributed by atoms with Crippen LogP contribution in [0.3, 0.4) is 0 Å². The van der Waals surface area contributed by atoms with Gasteiger partial charge in [0.2, 0.25) is 5.91 Å². The van der Waals surface area contributed by atoms with Crippen LogP contribution in [-0.4, -0.2) is 30.4 Å². The number of carbonyl (C=O) groups excluding carboxylic acids is 1. The molecular weight excluding hydrogens is 338 g/mol. The molecule has 6 heteroatoms. The van der Waals surface area contributed by atoms with Crippen molar-refractivity contribution >= 4 is 11.7 Å². The minimum Gasteiger partial charge on any atom is -0.384 e. The molecule has 0 heterocycles. The highest BCUT2D eigenvalue weighted by molar-refractivity contribution is 5.94. The summed E-state index contributed by atoms with van der Waals surface area (Å²) in [6.07, 6.45) is 1.80. The van der Waals surface area contributed by atoms with E-state index in [0.717, 1.165) is 18.4 Å². The molecule has 0 radical (unpaired) electrons. The molecule has 0 saturated carbocycles. The Morgan fingerprint density at radius 1 is 1.07 bits per heavy atom. The third kappa shape index (κ3) is 7.21. The molecule has 2 aromatic carbocycles. The molecule has 0 aliphatic heterocycles. The summed E-state index contributed by atoms with van der Waals surface area (Å²) in [5.74, 6) is -0.0343. The zero-order valence-corrected chi connectivity index (χ0v) is 15.7. The molecule has 27 heavy (non-hydrogen) atoms. The van der Waals surface area contributed by atoms with E-state index in [0.29, 0.717) is 18.7 Å². The van der Waals surface area contributed by atoms with Crippen LogP contribution in [0.2, 0.25) is 0 Å². The summed E-state index contributed by atoms with van der Waals surface area (Å²) in [5.41, 5.74) is 14.5. The Hall–Kier alpha value is -2.70. The van der Waals surface area contributed by atoms with Crippen molar-refractivity contribution in [3.05, 3.63) is 71.3 Å². The summed E-state index contributed by atoms with van der Waals surface area (Å²) < 4.78 is 0. The van der Waals surface area contributed by atoms with E-state index in [-0.39, 0.29) is 23.8 Å². The molecule has 0 saturated heterocycles. The Labute approximate surface area is 160 Å². The van der Waals surface area contributed by atoms with Gasteiger partial charge in [0.15, 0.2) is 0 Å². The fourth-order valence-corrected chi connectivity index (χ4v) is 2.66. The Bertz CT molecular complexity index is 730. The van der Waals surface area contributed by atoms with E-state index >= 15 is 0 Å². The predicted octanol–water partition coefficient (Wildman–Crippen LogP) is 1.53. The molecule has 0 aliphatic rings. The number of nitrogens with two attached hydrogens (primary N) is 2. The zero-order chi connectivity index (χ0) is 19.6. The first-order chi connectivity index (χ1) is 13.0. The van der Waals surface area contributed by atoms with E-state index in [1.54, 1.807) is 12.1 Å². The number of amides is 1. The van der Waals surface area contributed by atoms with Gasteiger partial charge in [0.25, 0.3) is 0 Å². The topological polar surface area (TPSA) is 117 Å². The highest BCUT2D eigenvalue weighted by Gasteiger charge is 2.13. The molecule has 0 bridgehead atoms. The van der Waals surface area contributed by atoms with E-state index in [1.165, 1.54) is 5.56 Å². The van der Waals surface area contributed by atoms with Gasteiger partial charge < -0.3 is 22.1 Å². The standard InChI is InChI=1S/C21H29N5O/c1-15(25-14-19(22)12-9-16-5-3-2-4-6-16)21(27)26-13-17-7-10-18(11-8-17)20(23)24/h2-8,10-11,15,19,25H,9,12-14,22H2,1H3,(H3,23,24)(H,26,27)/t15-,19+/m0/s1. The van der Waals surface area contributed by atoms with Gasteiger partial charge in [-0.1, -0.05) is 54.6 Å². The van der Waals surface area contributed by atoms with Gasteiger partial charge in [0, 0.05) is 24.7 Å². The molecule has 6 nitrogen and oxygen atoms in total. The largest absolute Gasteiger partial charge is 0.384 e. The number of hydrogen-bond acceptors (Lipinski definition) is 4. The molecule has 2 atom stereocenters. The Balaban J connectivity index is 1.67. The smallest absolute Gasteiger partial charge is 0.237 e. The van der Waals surface area contributed by atoms with Gasteiger partial charge in [0.05, 0.1) is 6.04 Å². The van der Waals surface area contributed by atoms with Gasteiger partial charge in [-0.05, 0) is 30.9 Å². The Morgan fingerprint density at radius 3 is 2.37 bits per heavy atom. The SMILES string of the molecule is C[C@H](NC[C@H](N)CCc1ccccc1)C(=O)NCc1ccc(C(=N)N)cc1. The molecule has 0 fully saturated rings. The average Bonchev–Trinajstić information content (AvgIpc) is 2.69. The number of carbonyl (C=O) groups is 1. The van der Waals surface area contributed by atoms with Crippen molar-refractivity contribution in [2.24, 2.45) is 11.5 Å². The number of rotatable bonds is 10. The van der Waals surface area contributed by atoms with Crippen LogP contribution in [0.4, 0.5) is 0 Å². The highest BCUT2D eigenvalue weighted by Crippen LogP contribution is 2.05. The van der Waals surface area contributed by atoms with Crippen molar-refractivity contribution in [2.45, 2.75) is 38.4 Å². The van der Waals surface area contributed by atoms with Gasteiger partial charge in [-0.25, -0.2) is 0 Å². The van der Waals surface area contributed by atoms with Crippen LogP contribution in [0.5, 0.6) is 0 Å². The second-order valence-corrected chi connectivity index (χ2v) is 6.74. The third-order valence-electron chi connectivity index (χ3n) is 4.46. The van der Waals surface area contributed by atoms with Crippen LogP contribution in [0.15, 0.2) is 54.6 Å². The lowest BCUT2D eigenvalue weighted by atomic mass is 10.1. The van der Waals surface area contributed by atoms with Gasteiger partial charge >= 0.3 is 0 Å². The van der Waals surface area contributed by atoms with E-state index < -0.39 is 0 Å². The second-order valence-electron chi connectivity index (χ2n) is 6.74. The van der Waals surface area contributed by atoms with E-state index in [2.05, 4.69) is 22.8 Å². The third-order valence-corrected chi connectivity index (χ3v) is 4.46. The minimum absolute atomic E-state index is 0.000388. The average molecular weight is 367 g/mol. The molecule has 144 valence electrons. The van der Waals surface area contributed by atoms with Crippen molar-refractivity contribution in [3.63, 3.8) is 0 Å². The number of hydrogen-bond donors (Lipinski definition) is 5. The molecule has 2 aromatic rings. The summed E-state index contributed by atoms with van der Waals surface area (Å²) in [5, 5.41) is 13.5. The molecule has 2 rings (SSSR count). The number of benzene rings is 2. The van der Waals surface area contributed by atoms with E-state index in [9.17, 15) is 4.79 Å². The normalized spacial score (nSPS) is 13.0. The maximum absolute atomic E-state index is 12.2. The van der Waals surface area contributed by atoms with E-state index in [1.807, 2.05) is 37.3 Å². The maximum atomic E-state index is 12.2. The number of aryl methyl sites for hydroxylation is 1. The Morgan fingerprint density at radius 2 is 1.74 bits per heavy atom. The first kappa shape index (κ1) is 20.6. The molecule has 1 amide bonds. The highest BCUT2D eigenvalue weighted by atomic mass is 16.2. The van der Waals surface area contributed by atoms with Crippen LogP contribution in [0, 0.1) is 5.41 Å². The van der Waals surface area contributed by atoms with Crippen LogP contribution in [-0.2, 0) is 17.8 Å². The maximum Gasteiger partial charge on any atom is 0.237 e. The van der Waals surface area contributed by atoms with Crippen LogP contribution in [0.25, 0.3) is 0 Å². The Kier molecular flexibility index (Phi) is 7.98. The first-order valence-corrected chi connectivity index (χ1v) is 9.19. The van der Waals surface area contributed by atoms with Crippen molar-refractivity contribution in [3.8, 4) is 0 Å². The number of nitrogens with one attached hydrogen (secondary N) is 3. The minimum atomic E-state index is -0.315. The van der Waals surface area contributed by atoms with Crippen molar-refractivity contribution in [1.29, 1.82) is 5.41 Å². The number of nitrogen functional groups attached to an aromatic ring is 1.